The number of carbonyl (C=O) groups excluding carboxylic acids is 1. The first-order valence-corrected chi connectivity index (χ1v) is 10.6. The lowest BCUT2D eigenvalue weighted by Gasteiger charge is -2.45. The Labute approximate surface area is 189 Å². The van der Waals surface area contributed by atoms with Gasteiger partial charge in [-0.25, -0.2) is 9.78 Å². The molecule has 3 rings (SSSR count). The molecule has 0 bridgehead atoms. The van der Waals surface area contributed by atoms with Crippen LogP contribution in [0.3, 0.4) is 0 Å². The van der Waals surface area contributed by atoms with E-state index in [4.69, 9.17) is 9.47 Å². The van der Waals surface area contributed by atoms with Gasteiger partial charge in [0.2, 0.25) is 5.88 Å². The van der Waals surface area contributed by atoms with E-state index < -0.39 is 42.0 Å². The maximum Gasteiger partial charge on any atom is 0.408 e. The van der Waals surface area contributed by atoms with Crippen molar-refractivity contribution in [1.82, 2.24) is 20.6 Å². The van der Waals surface area contributed by atoms with E-state index in [0.29, 0.717) is 22.5 Å². The molecule has 8 nitrogen and oxygen atoms in total. The number of methoxy groups -OCH3 is 1. The Hall–Kier alpha value is -2.66. The summed E-state index contributed by atoms with van der Waals surface area (Å²) in [5.74, 6) is 0.340. The molecule has 33 heavy (non-hydrogen) atoms. The summed E-state index contributed by atoms with van der Waals surface area (Å²) in [7, 11) is 1.46. The number of amides is 1. The molecule has 0 aliphatic carbocycles. The van der Waals surface area contributed by atoms with Crippen molar-refractivity contribution < 1.29 is 32.5 Å². The average Bonchev–Trinajstić information content (AvgIpc) is 2.71. The lowest BCUT2D eigenvalue weighted by atomic mass is 9.77. The second-order valence-corrected chi connectivity index (χ2v) is 9.20. The number of hydrogen-bond donors (Lipinski definition) is 3. The van der Waals surface area contributed by atoms with Crippen molar-refractivity contribution in [3.63, 3.8) is 0 Å². The van der Waals surface area contributed by atoms with Crippen LogP contribution in [0.15, 0.2) is 24.4 Å². The predicted molar refractivity (Wildman–Crippen MR) is 115 cm³/mol. The van der Waals surface area contributed by atoms with E-state index >= 15 is 0 Å². The van der Waals surface area contributed by atoms with Crippen molar-refractivity contribution in [2.45, 2.75) is 69.5 Å². The van der Waals surface area contributed by atoms with Crippen molar-refractivity contribution in [3.8, 4) is 5.88 Å². The van der Waals surface area contributed by atoms with Crippen LogP contribution < -0.4 is 15.4 Å². The van der Waals surface area contributed by atoms with Crippen LogP contribution in [-0.2, 0) is 11.2 Å². The molecular formula is C22H29F3N4O4. The number of alkyl carbamates (subject to hydrolysis) is 1. The van der Waals surface area contributed by atoms with E-state index in [9.17, 15) is 23.1 Å². The molecule has 1 saturated heterocycles. The van der Waals surface area contributed by atoms with Gasteiger partial charge in [-0.2, -0.15) is 13.2 Å². The zero-order valence-electron chi connectivity index (χ0n) is 19.0. The Kier molecular flexibility index (Phi) is 7.04. The highest BCUT2D eigenvalue weighted by Gasteiger charge is 2.51. The molecular weight excluding hydrogens is 441 g/mol. The van der Waals surface area contributed by atoms with Gasteiger partial charge < -0.3 is 25.2 Å². The van der Waals surface area contributed by atoms with Gasteiger partial charge in [0.05, 0.1) is 29.8 Å². The second-order valence-electron chi connectivity index (χ2n) is 9.20. The quantitative estimate of drug-likeness (QED) is 0.617. The third kappa shape index (κ3) is 6.02. The molecule has 2 aromatic heterocycles. The molecule has 0 spiro atoms. The van der Waals surface area contributed by atoms with Crippen molar-refractivity contribution in [3.05, 3.63) is 30.0 Å². The Morgan fingerprint density at radius 1 is 1.33 bits per heavy atom. The fraction of sp³-hybridized carbons (Fsp3) is 0.591. The standard InChI is InChI=1S/C22H29F3N4O4/c1-20(2,3)33-19(31)29-21(8-10-27-15(12-21)22(23,24)25)16(30)11-13-7-9-26-14-5-6-17(32-4)28-18(13)14/h5-7,9,15-16,27,30H,8,10-12H2,1-4H3,(H,29,31)/t15-,16?,21-/m0/s1. The largest absolute Gasteiger partial charge is 0.481 e. The maximum atomic E-state index is 13.6. The second kappa shape index (κ2) is 9.30. The highest BCUT2D eigenvalue weighted by atomic mass is 19.4. The smallest absolute Gasteiger partial charge is 0.408 e. The van der Waals surface area contributed by atoms with Crippen LogP contribution in [0.4, 0.5) is 18.0 Å². The average molecular weight is 470 g/mol. The maximum absolute atomic E-state index is 13.6. The number of aliphatic hydroxyl groups excluding tert-OH is 1. The van der Waals surface area contributed by atoms with E-state index in [1.165, 1.54) is 13.3 Å². The summed E-state index contributed by atoms with van der Waals surface area (Å²) >= 11 is 0. The number of piperidine rings is 1. The molecule has 11 heteroatoms. The van der Waals surface area contributed by atoms with E-state index in [-0.39, 0.29) is 19.4 Å². The van der Waals surface area contributed by atoms with Crippen molar-refractivity contribution in [2.24, 2.45) is 0 Å². The number of alkyl halides is 3. The molecule has 182 valence electrons. The molecule has 1 fully saturated rings. The minimum atomic E-state index is -4.54. The summed E-state index contributed by atoms with van der Waals surface area (Å²) in [4.78, 5) is 21.2. The Bertz CT molecular complexity index is 996. The third-order valence-corrected chi connectivity index (χ3v) is 5.58. The van der Waals surface area contributed by atoms with Crippen LogP contribution in [0.2, 0.25) is 0 Å². The van der Waals surface area contributed by atoms with Gasteiger partial charge in [0.15, 0.2) is 0 Å². The molecule has 1 amide bonds. The first-order valence-electron chi connectivity index (χ1n) is 10.6. The number of carbonyl (C=O) groups is 1. The molecule has 1 aliphatic rings. The van der Waals surface area contributed by atoms with E-state index in [1.54, 1.807) is 39.0 Å². The first kappa shape index (κ1) is 25.0. The molecule has 3 atom stereocenters. The number of fused-ring (bicyclic) bond motifs is 1. The zero-order chi connectivity index (χ0) is 24.4. The fourth-order valence-electron chi connectivity index (χ4n) is 3.99. The van der Waals surface area contributed by atoms with Crippen molar-refractivity contribution >= 4 is 17.1 Å². The normalized spacial score (nSPS) is 22.6. The zero-order valence-corrected chi connectivity index (χ0v) is 19.0. The summed E-state index contributed by atoms with van der Waals surface area (Å²) in [6.07, 6.45) is -5.76. The molecule has 3 N–H and O–H groups in total. The number of rotatable bonds is 5. The van der Waals surface area contributed by atoms with E-state index in [0.717, 1.165) is 0 Å². The van der Waals surface area contributed by atoms with Gasteiger partial charge in [-0.05, 0) is 57.9 Å². The van der Waals surface area contributed by atoms with Crippen LogP contribution in [-0.4, -0.2) is 64.3 Å². The SMILES string of the molecule is COc1ccc2nccc(CC(O)[C@]3(NC(=O)OC(C)(C)C)CCN[C@H](C(F)(F)F)C3)c2n1. The minimum Gasteiger partial charge on any atom is -0.481 e. The van der Waals surface area contributed by atoms with Crippen LogP contribution >= 0.6 is 0 Å². The van der Waals surface area contributed by atoms with Gasteiger partial charge in [0.1, 0.15) is 11.6 Å². The highest BCUT2D eigenvalue weighted by molar-refractivity contribution is 5.78. The number of nitrogens with zero attached hydrogens (tertiary/aromatic N) is 2. The summed E-state index contributed by atoms with van der Waals surface area (Å²) in [5, 5.41) is 16.3. The van der Waals surface area contributed by atoms with Crippen LogP contribution in [0.25, 0.3) is 11.0 Å². The molecule has 2 aromatic rings. The van der Waals surface area contributed by atoms with Crippen LogP contribution in [0.1, 0.15) is 39.2 Å². The van der Waals surface area contributed by atoms with Crippen LogP contribution in [0.5, 0.6) is 5.88 Å². The van der Waals surface area contributed by atoms with Gasteiger partial charge in [0, 0.05) is 18.7 Å². The molecule has 0 radical (unpaired) electrons. The molecule has 1 unspecified atom stereocenters. The number of halogens is 3. The Balaban J connectivity index is 1.95. The van der Waals surface area contributed by atoms with Gasteiger partial charge in [-0.3, -0.25) is 4.98 Å². The summed E-state index contributed by atoms with van der Waals surface area (Å²) in [6, 6.07) is 3.10. The predicted octanol–water partition coefficient (Wildman–Crippen LogP) is 3.12. The summed E-state index contributed by atoms with van der Waals surface area (Å²) < 4.78 is 51.1. The molecule has 3 heterocycles. The number of ether oxygens (including phenoxy) is 2. The Morgan fingerprint density at radius 3 is 2.70 bits per heavy atom. The first-order chi connectivity index (χ1) is 15.3. The minimum absolute atomic E-state index is 0.0415. The monoisotopic (exact) mass is 470 g/mol. The van der Waals surface area contributed by atoms with Gasteiger partial charge in [-0.1, -0.05) is 0 Å². The van der Waals surface area contributed by atoms with Crippen LogP contribution in [0, 0.1) is 0 Å². The number of aromatic nitrogens is 2. The lowest BCUT2D eigenvalue weighted by Crippen LogP contribution is -2.66. The Morgan fingerprint density at radius 2 is 2.06 bits per heavy atom. The number of aliphatic hydroxyl groups is 1. The number of pyridine rings is 2. The van der Waals surface area contributed by atoms with Gasteiger partial charge in [-0.15, -0.1) is 0 Å². The highest BCUT2D eigenvalue weighted by Crippen LogP contribution is 2.35. The lowest BCUT2D eigenvalue weighted by molar-refractivity contribution is -0.170. The van der Waals surface area contributed by atoms with Gasteiger partial charge >= 0.3 is 12.3 Å². The molecule has 1 aliphatic heterocycles. The third-order valence-electron chi connectivity index (χ3n) is 5.58. The van der Waals surface area contributed by atoms with Crippen molar-refractivity contribution in [1.29, 1.82) is 0 Å². The molecule has 0 aromatic carbocycles. The van der Waals surface area contributed by atoms with Gasteiger partial charge in [0.25, 0.3) is 0 Å². The topological polar surface area (TPSA) is 106 Å². The number of nitrogens with one attached hydrogen (secondary N) is 2. The van der Waals surface area contributed by atoms with E-state index in [1.807, 2.05) is 0 Å². The van der Waals surface area contributed by atoms with Crippen molar-refractivity contribution in [2.75, 3.05) is 13.7 Å². The summed E-state index contributed by atoms with van der Waals surface area (Å²) in [6.45, 7) is 4.91. The van der Waals surface area contributed by atoms with E-state index in [2.05, 4.69) is 20.6 Å². The number of hydrogen-bond acceptors (Lipinski definition) is 7. The fourth-order valence-corrected chi connectivity index (χ4v) is 3.99. The summed E-state index contributed by atoms with van der Waals surface area (Å²) in [5.41, 5.74) is -0.840. The molecule has 0 saturated carbocycles.